The van der Waals surface area contributed by atoms with Crippen LogP contribution in [0, 0.1) is 17.3 Å². The van der Waals surface area contributed by atoms with Crippen LogP contribution in [0.5, 0.6) is 5.88 Å². The third kappa shape index (κ3) is 8.66. The minimum atomic E-state index is -3.88. The van der Waals surface area contributed by atoms with Gasteiger partial charge in [-0.15, -0.1) is 6.58 Å². The number of hydrogen-bond acceptors (Lipinski definition) is 10. The molecule has 0 radical (unpaired) electrons. The third-order valence-corrected chi connectivity index (χ3v) is 11.4. The number of likely N-dealkylation sites (N-methyl/N-ethyl adjacent to an activating group) is 1. The maximum atomic E-state index is 14.5. The first kappa shape index (κ1) is 37.7. The second kappa shape index (κ2) is 14.6. The van der Waals surface area contributed by atoms with Gasteiger partial charge in [0, 0.05) is 38.0 Å². The number of rotatable bonds is 15. The van der Waals surface area contributed by atoms with Gasteiger partial charge in [0.15, 0.2) is 5.78 Å². The summed E-state index contributed by atoms with van der Waals surface area (Å²) in [7, 11) is -2.40. The minimum absolute atomic E-state index is 0.0485. The molecule has 3 amide bonds. The largest absolute Gasteiger partial charge is 0.472 e. The van der Waals surface area contributed by atoms with E-state index in [9.17, 15) is 32.4 Å². The monoisotopic (exact) mass is 722 g/mol. The molecule has 2 heterocycles. The molecule has 1 aromatic heterocycles. The summed E-state index contributed by atoms with van der Waals surface area (Å²) in [5.74, 6) is -4.14. The summed E-state index contributed by atoms with van der Waals surface area (Å²) in [5.41, 5.74) is -2.17. The van der Waals surface area contributed by atoms with Crippen molar-refractivity contribution in [1.82, 2.24) is 19.5 Å². The molecule has 5 atom stereocenters. The first-order valence-electron chi connectivity index (χ1n) is 17.1. The Balaban J connectivity index is 1.45. The number of ketones is 1. The summed E-state index contributed by atoms with van der Waals surface area (Å²) in [5, 5.41) is 0.984. The fourth-order valence-electron chi connectivity index (χ4n) is 6.71. The van der Waals surface area contributed by atoms with Crippen LogP contribution in [0.4, 0.5) is 0 Å². The van der Waals surface area contributed by atoms with E-state index in [1.165, 1.54) is 22.9 Å². The highest BCUT2D eigenvalue weighted by molar-refractivity contribution is 7.90. The first-order valence-corrected chi connectivity index (χ1v) is 18.6. The topological polar surface area (TPSA) is 169 Å². The Morgan fingerprint density at radius 3 is 2.47 bits per heavy atom. The molecule has 1 aliphatic heterocycles. The molecular weight excluding hydrogens is 676 g/mol. The molecule has 274 valence electrons. The zero-order valence-electron chi connectivity index (χ0n) is 29.5. The van der Waals surface area contributed by atoms with Crippen LogP contribution in [0.15, 0.2) is 61.8 Å². The molecule has 14 heteroatoms. The van der Waals surface area contributed by atoms with E-state index in [1.807, 2.05) is 30.3 Å². The van der Waals surface area contributed by atoms with Crippen molar-refractivity contribution < 1.29 is 41.9 Å². The van der Waals surface area contributed by atoms with E-state index in [1.54, 1.807) is 27.0 Å². The Labute approximate surface area is 298 Å². The molecule has 5 rings (SSSR count). The summed E-state index contributed by atoms with van der Waals surface area (Å²) in [6.45, 7) is 12.2. The molecule has 1 aromatic carbocycles. The lowest BCUT2D eigenvalue weighted by atomic mass is 9.91. The lowest BCUT2D eigenvalue weighted by Crippen LogP contribution is -2.48. The average molecular weight is 723 g/mol. The number of hydrogen-bond donors (Lipinski definition) is 1. The molecule has 1 saturated heterocycles. The van der Waals surface area contributed by atoms with Crippen molar-refractivity contribution >= 4 is 50.3 Å². The fraction of sp³-hybridized carbons (Fsp3) is 0.514. The van der Waals surface area contributed by atoms with Crippen molar-refractivity contribution in [2.45, 2.75) is 82.3 Å². The zero-order valence-corrected chi connectivity index (χ0v) is 30.3. The number of aromatic nitrogens is 1. The Morgan fingerprint density at radius 2 is 1.84 bits per heavy atom. The maximum absolute atomic E-state index is 14.5. The summed E-state index contributed by atoms with van der Waals surface area (Å²) in [6.07, 6.45) is 4.02. The molecule has 0 unspecified atom stereocenters. The van der Waals surface area contributed by atoms with E-state index in [-0.39, 0.29) is 38.8 Å². The number of ether oxygens (including phenoxy) is 2. The molecule has 2 saturated carbocycles. The van der Waals surface area contributed by atoms with Crippen LogP contribution >= 0.6 is 0 Å². The first-order chi connectivity index (χ1) is 24.0. The summed E-state index contributed by atoms with van der Waals surface area (Å²) >= 11 is 0. The van der Waals surface area contributed by atoms with Crippen molar-refractivity contribution in [2.75, 3.05) is 20.1 Å². The summed E-state index contributed by atoms with van der Waals surface area (Å²) < 4.78 is 39.4. The number of esters is 1. The van der Waals surface area contributed by atoms with Crippen molar-refractivity contribution in [3.05, 3.63) is 61.8 Å². The van der Waals surface area contributed by atoms with Gasteiger partial charge >= 0.3 is 5.97 Å². The number of likely N-dealkylation sites (tertiary alicyclic amines) is 1. The minimum Gasteiger partial charge on any atom is -0.472 e. The van der Waals surface area contributed by atoms with Crippen LogP contribution in [-0.4, -0.2) is 95.8 Å². The number of carbonyl (C=O) groups is 5. The molecule has 3 aliphatic rings. The second-order valence-electron chi connectivity index (χ2n) is 14.8. The number of carbonyl (C=O) groups excluding carboxylic acids is 5. The van der Waals surface area contributed by atoms with Gasteiger partial charge in [-0.3, -0.25) is 28.7 Å². The van der Waals surface area contributed by atoms with E-state index in [2.05, 4.69) is 22.9 Å². The Morgan fingerprint density at radius 1 is 1.14 bits per heavy atom. The smallest absolute Gasteiger partial charge is 0.307 e. The maximum Gasteiger partial charge on any atom is 0.307 e. The molecule has 2 aromatic rings. The number of benzene rings is 1. The number of fused-ring (bicyclic) bond motifs is 1. The Hall–Kier alpha value is -4.59. The predicted octanol–water partition coefficient (Wildman–Crippen LogP) is 3.34. The highest BCUT2D eigenvalue weighted by Crippen LogP contribution is 2.57. The number of nitrogens with zero attached hydrogens (tertiary/aromatic N) is 3. The normalized spacial score (nSPS) is 23.5. The van der Waals surface area contributed by atoms with Crippen LogP contribution in [0.2, 0.25) is 0 Å². The van der Waals surface area contributed by atoms with E-state index < -0.39 is 79.7 Å². The number of pyridine rings is 1. The molecule has 2 aliphatic carbocycles. The van der Waals surface area contributed by atoms with Gasteiger partial charge < -0.3 is 19.3 Å². The SMILES string of the molecule is C=CC(=O)N(C)C[C@H](CC(=O)OC(C)(C)C)C(=O)N1C[C@H](Oc2nccc3ccccc23)C[C@H]1C(=O)C[C@]1(C(=O)NS(=O)(=O)C2CC2)C[C@@H]1C=C. The van der Waals surface area contributed by atoms with Gasteiger partial charge in [0.1, 0.15) is 11.7 Å². The number of allylic oxidation sites excluding steroid dienone is 1. The molecule has 0 bridgehead atoms. The molecular formula is C37H46N4O9S. The fourth-order valence-corrected chi connectivity index (χ4v) is 8.09. The van der Waals surface area contributed by atoms with Crippen molar-refractivity contribution in [3.8, 4) is 5.88 Å². The number of nitrogens with one attached hydrogen (secondary N) is 1. The average Bonchev–Trinajstić information content (AvgIpc) is 3.99. The van der Waals surface area contributed by atoms with Crippen LogP contribution in [0.1, 0.15) is 59.3 Å². The molecule has 0 spiro atoms. The summed E-state index contributed by atoms with van der Waals surface area (Å²) in [4.78, 5) is 74.8. The van der Waals surface area contributed by atoms with E-state index in [0.717, 1.165) is 16.8 Å². The van der Waals surface area contributed by atoms with Crippen LogP contribution in [-0.2, 0) is 38.7 Å². The molecule has 3 fully saturated rings. The quantitative estimate of drug-likeness (QED) is 0.164. The van der Waals surface area contributed by atoms with Crippen molar-refractivity contribution in [1.29, 1.82) is 0 Å². The Kier molecular flexibility index (Phi) is 10.8. The van der Waals surface area contributed by atoms with Gasteiger partial charge in [-0.05, 0) is 69.5 Å². The third-order valence-electron chi connectivity index (χ3n) is 9.62. The standard InChI is InChI=1S/C37H46N4O9S/c1-7-25-19-37(25,35(46)39-51(47,48)27-13-14-27)20-30(42)29-18-26(49-33-28-12-10-9-11-23(28)15-16-38-33)22-41(29)34(45)24(21-40(6)31(43)8-2)17-32(44)50-36(3,4)5/h7-12,15-16,24-27,29H,1-2,13-14,17-22H2,3-6H3,(H,39,46)/t24-,25-,26+,29-,37+/m0/s1. The zero-order chi connectivity index (χ0) is 37.3. The highest BCUT2D eigenvalue weighted by Gasteiger charge is 2.61. The van der Waals surface area contributed by atoms with Crippen LogP contribution < -0.4 is 9.46 Å². The molecule has 51 heavy (non-hydrogen) atoms. The van der Waals surface area contributed by atoms with Gasteiger partial charge in [0.05, 0.1) is 35.6 Å². The lowest BCUT2D eigenvalue weighted by molar-refractivity contribution is -0.159. The van der Waals surface area contributed by atoms with Crippen LogP contribution in [0.25, 0.3) is 10.8 Å². The van der Waals surface area contributed by atoms with E-state index in [0.29, 0.717) is 18.7 Å². The van der Waals surface area contributed by atoms with Gasteiger partial charge in [-0.1, -0.05) is 30.9 Å². The number of Topliss-reactive ketones (excluding diaryl/α,β-unsaturated/α-hetero) is 1. The van der Waals surface area contributed by atoms with Crippen molar-refractivity contribution in [3.63, 3.8) is 0 Å². The number of sulfonamides is 1. The predicted molar refractivity (Wildman–Crippen MR) is 189 cm³/mol. The second-order valence-corrected chi connectivity index (χ2v) is 16.7. The molecule has 1 N–H and O–H groups in total. The van der Waals surface area contributed by atoms with Gasteiger partial charge in [-0.2, -0.15) is 0 Å². The lowest BCUT2D eigenvalue weighted by Gasteiger charge is -2.31. The van der Waals surface area contributed by atoms with Crippen LogP contribution in [0.3, 0.4) is 0 Å². The summed E-state index contributed by atoms with van der Waals surface area (Å²) in [6, 6.07) is 8.22. The van der Waals surface area contributed by atoms with E-state index in [4.69, 9.17) is 9.47 Å². The van der Waals surface area contributed by atoms with Crippen molar-refractivity contribution in [2.24, 2.45) is 17.3 Å². The number of amides is 3. The van der Waals surface area contributed by atoms with Gasteiger partial charge in [-0.25, -0.2) is 13.4 Å². The van der Waals surface area contributed by atoms with Gasteiger partial charge in [0.2, 0.25) is 33.6 Å². The highest BCUT2D eigenvalue weighted by atomic mass is 32.2. The van der Waals surface area contributed by atoms with Gasteiger partial charge in [0.25, 0.3) is 0 Å². The Bertz CT molecular complexity index is 1850. The molecule has 13 nitrogen and oxygen atoms in total. The van der Waals surface area contributed by atoms with E-state index >= 15 is 0 Å².